The summed E-state index contributed by atoms with van der Waals surface area (Å²) in [7, 11) is 0. The minimum absolute atomic E-state index is 0.0584. The molecule has 0 heterocycles. The van der Waals surface area contributed by atoms with Crippen molar-refractivity contribution in [1.29, 1.82) is 0 Å². The Bertz CT molecular complexity index is 376. The number of hydrogen-bond acceptors (Lipinski definition) is 3. The van der Waals surface area contributed by atoms with Gasteiger partial charge in [-0.3, -0.25) is 4.79 Å². The van der Waals surface area contributed by atoms with Gasteiger partial charge < -0.3 is 15.3 Å². The topological polar surface area (TPSA) is 77.8 Å². The molecule has 1 rings (SSSR count). The summed E-state index contributed by atoms with van der Waals surface area (Å²) < 4.78 is 13.3. The van der Waals surface area contributed by atoms with Crippen LogP contribution in [0.25, 0.3) is 0 Å². The highest BCUT2D eigenvalue weighted by Gasteiger charge is 2.25. The summed E-state index contributed by atoms with van der Waals surface area (Å²) in [5.74, 6) is -2.08. The number of carboxylic acid groups (broad SMARTS) is 1. The van der Waals surface area contributed by atoms with Crippen LogP contribution in [0, 0.1) is 5.82 Å². The number of aliphatic carboxylic acids is 1. The van der Waals surface area contributed by atoms with Crippen molar-refractivity contribution in [3.05, 3.63) is 34.6 Å². The second kappa shape index (κ2) is 5.25. The Kier molecular flexibility index (Phi) is 4.23. The first-order valence-corrected chi connectivity index (χ1v) is 4.83. The van der Waals surface area contributed by atoms with Crippen molar-refractivity contribution < 1.29 is 24.5 Å². The number of aliphatic hydroxyl groups excluding tert-OH is 2. The molecule has 0 saturated carbocycles. The van der Waals surface area contributed by atoms with E-state index in [0.29, 0.717) is 0 Å². The number of aliphatic hydroxyl groups is 2. The van der Waals surface area contributed by atoms with Crippen LogP contribution >= 0.6 is 11.6 Å². The number of benzene rings is 1. The summed E-state index contributed by atoms with van der Waals surface area (Å²) in [5.41, 5.74) is -0.294. The van der Waals surface area contributed by atoms with Gasteiger partial charge in [0.15, 0.2) is 0 Å². The maximum absolute atomic E-state index is 13.3. The first kappa shape index (κ1) is 12.9. The number of carbonyl (C=O) groups is 1. The smallest absolute Gasteiger partial charge is 0.306 e. The van der Waals surface area contributed by atoms with Gasteiger partial charge in [0, 0.05) is 10.6 Å². The van der Waals surface area contributed by atoms with Crippen molar-refractivity contribution in [2.45, 2.75) is 18.6 Å². The van der Waals surface area contributed by atoms with E-state index >= 15 is 0 Å². The van der Waals surface area contributed by atoms with E-state index in [2.05, 4.69) is 0 Å². The number of carboxylic acids is 1. The zero-order valence-corrected chi connectivity index (χ0v) is 8.86. The lowest BCUT2D eigenvalue weighted by Crippen LogP contribution is -2.22. The van der Waals surface area contributed by atoms with Gasteiger partial charge in [0.2, 0.25) is 0 Å². The van der Waals surface area contributed by atoms with Gasteiger partial charge in [0.05, 0.1) is 12.5 Å². The lowest BCUT2D eigenvalue weighted by molar-refractivity contribution is -0.141. The molecule has 0 fully saturated rings. The van der Waals surface area contributed by atoms with Gasteiger partial charge in [-0.2, -0.15) is 0 Å². The fourth-order valence-corrected chi connectivity index (χ4v) is 1.55. The number of hydrogen-bond donors (Lipinski definition) is 3. The molecule has 1 aromatic rings. The Morgan fingerprint density at radius 3 is 2.56 bits per heavy atom. The molecular formula is C10H10ClFO4. The van der Waals surface area contributed by atoms with Crippen LogP contribution in [0.3, 0.4) is 0 Å². The molecule has 0 aliphatic rings. The van der Waals surface area contributed by atoms with E-state index in [1.54, 1.807) is 0 Å². The third-order valence-electron chi connectivity index (χ3n) is 2.04. The Morgan fingerprint density at radius 2 is 2.06 bits per heavy atom. The van der Waals surface area contributed by atoms with Gasteiger partial charge in [0.25, 0.3) is 0 Å². The molecule has 6 heteroatoms. The Morgan fingerprint density at radius 1 is 1.44 bits per heavy atom. The molecule has 0 amide bonds. The van der Waals surface area contributed by atoms with E-state index in [1.165, 1.54) is 12.1 Å². The van der Waals surface area contributed by atoms with Crippen molar-refractivity contribution in [2.75, 3.05) is 0 Å². The van der Waals surface area contributed by atoms with Gasteiger partial charge in [0.1, 0.15) is 11.9 Å². The van der Waals surface area contributed by atoms with Crippen LogP contribution in [0.4, 0.5) is 4.39 Å². The molecule has 3 N–H and O–H groups in total. The number of halogens is 2. The molecule has 16 heavy (non-hydrogen) atoms. The highest BCUT2D eigenvalue weighted by molar-refractivity contribution is 6.31. The highest BCUT2D eigenvalue weighted by atomic mass is 35.5. The molecule has 4 nitrogen and oxygen atoms in total. The van der Waals surface area contributed by atoms with E-state index in [-0.39, 0.29) is 10.6 Å². The summed E-state index contributed by atoms with van der Waals surface area (Å²) in [5, 5.41) is 27.3. The molecule has 0 aromatic heterocycles. The second-order valence-corrected chi connectivity index (χ2v) is 3.65. The predicted octanol–water partition coefficient (Wildman–Crippen LogP) is 1.35. The zero-order valence-electron chi connectivity index (χ0n) is 8.10. The summed E-state index contributed by atoms with van der Waals surface area (Å²) in [4.78, 5) is 10.3. The molecule has 2 atom stereocenters. The standard InChI is InChI=1S/C10H10ClFO4/c11-5-2-1-3-6(12)9(5)10(16)7(13)4-8(14)15/h1-3,7,10,13,16H,4H2,(H,14,15). The lowest BCUT2D eigenvalue weighted by atomic mass is 10.0. The van der Waals surface area contributed by atoms with Gasteiger partial charge in [-0.25, -0.2) is 4.39 Å². The van der Waals surface area contributed by atoms with Crippen LogP contribution in [0.1, 0.15) is 18.1 Å². The fourth-order valence-electron chi connectivity index (χ4n) is 1.28. The van der Waals surface area contributed by atoms with Crippen molar-refractivity contribution >= 4 is 17.6 Å². The van der Waals surface area contributed by atoms with Gasteiger partial charge in [-0.1, -0.05) is 17.7 Å². The average molecular weight is 249 g/mol. The van der Waals surface area contributed by atoms with E-state index in [4.69, 9.17) is 16.7 Å². The third-order valence-corrected chi connectivity index (χ3v) is 2.37. The average Bonchev–Trinajstić information content (AvgIpc) is 2.16. The van der Waals surface area contributed by atoms with Crippen molar-refractivity contribution in [1.82, 2.24) is 0 Å². The monoisotopic (exact) mass is 248 g/mol. The fraction of sp³-hybridized carbons (Fsp3) is 0.300. The third kappa shape index (κ3) is 2.91. The van der Waals surface area contributed by atoms with Gasteiger partial charge >= 0.3 is 5.97 Å². The maximum Gasteiger partial charge on any atom is 0.306 e. The zero-order chi connectivity index (χ0) is 12.3. The molecule has 0 aliphatic heterocycles. The molecule has 1 aromatic carbocycles. The maximum atomic E-state index is 13.3. The van der Waals surface area contributed by atoms with Gasteiger partial charge in [-0.15, -0.1) is 0 Å². The molecule has 0 saturated heterocycles. The molecule has 88 valence electrons. The second-order valence-electron chi connectivity index (χ2n) is 3.25. The normalized spacial score (nSPS) is 14.5. The van der Waals surface area contributed by atoms with E-state index < -0.39 is 30.4 Å². The van der Waals surface area contributed by atoms with Crippen LogP contribution in [0.15, 0.2) is 18.2 Å². The largest absolute Gasteiger partial charge is 0.481 e. The van der Waals surface area contributed by atoms with Crippen molar-refractivity contribution in [3.63, 3.8) is 0 Å². The lowest BCUT2D eigenvalue weighted by Gasteiger charge is -2.18. The summed E-state index contributed by atoms with van der Waals surface area (Å²) in [6, 6.07) is 3.76. The van der Waals surface area contributed by atoms with Crippen molar-refractivity contribution in [2.24, 2.45) is 0 Å². The predicted molar refractivity (Wildman–Crippen MR) is 54.6 cm³/mol. The quantitative estimate of drug-likeness (QED) is 0.752. The summed E-state index contributed by atoms with van der Waals surface area (Å²) in [6.07, 6.45) is -3.96. The van der Waals surface area contributed by atoms with Crippen LogP contribution in [0.5, 0.6) is 0 Å². The molecule has 2 unspecified atom stereocenters. The Hall–Kier alpha value is -1.17. The van der Waals surface area contributed by atoms with Gasteiger partial charge in [-0.05, 0) is 12.1 Å². The molecule has 0 aliphatic carbocycles. The summed E-state index contributed by atoms with van der Waals surface area (Å²) in [6.45, 7) is 0. The van der Waals surface area contributed by atoms with E-state index in [1.807, 2.05) is 0 Å². The van der Waals surface area contributed by atoms with Crippen LogP contribution in [-0.2, 0) is 4.79 Å². The highest BCUT2D eigenvalue weighted by Crippen LogP contribution is 2.28. The first-order chi connectivity index (χ1) is 7.43. The van der Waals surface area contributed by atoms with E-state index in [0.717, 1.165) is 6.07 Å². The first-order valence-electron chi connectivity index (χ1n) is 4.45. The minimum atomic E-state index is -1.66. The van der Waals surface area contributed by atoms with E-state index in [9.17, 15) is 19.4 Å². The Balaban J connectivity index is 2.95. The molecule has 0 radical (unpaired) electrons. The minimum Gasteiger partial charge on any atom is -0.481 e. The Labute approximate surface area is 95.9 Å². The molecule has 0 bridgehead atoms. The molecular weight excluding hydrogens is 239 g/mol. The SMILES string of the molecule is O=C(O)CC(O)C(O)c1c(F)cccc1Cl. The van der Waals surface area contributed by atoms with Crippen LogP contribution in [-0.4, -0.2) is 27.4 Å². The number of rotatable bonds is 4. The van der Waals surface area contributed by atoms with Crippen molar-refractivity contribution in [3.8, 4) is 0 Å². The summed E-state index contributed by atoms with van der Waals surface area (Å²) >= 11 is 5.65. The van der Waals surface area contributed by atoms with Crippen LogP contribution < -0.4 is 0 Å². The molecule has 0 spiro atoms. The van der Waals surface area contributed by atoms with Crippen LogP contribution in [0.2, 0.25) is 5.02 Å².